The number of carbonyl (C=O) groups excluding carboxylic acids is 1. The van der Waals surface area contributed by atoms with Crippen molar-refractivity contribution in [2.45, 2.75) is 51.2 Å². The third kappa shape index (κ3) is 4.74. The summed E-state index contributed by atoms with van der Waals surface area (Å²) in [5.74, 6) is 1.70. The molecule has 1 fully saturated rings. The average Bonchev–Trinajstić information content (AvgIpc) is 3.43. The summed E-state index contributed by atoms with van der Waals surface area (Å²) >= 11 is 0. The zero-order valence-corrected chi connectivity index (χ0v) is 16.5. The summed E-state index contributed by atoms with van der Waals surface area (Å²) in [5, 5.41) is 13.5. The van der Waals surface area contributed by atoms with E-state index in [1.807, 2.05) is 42.8 Å². The van der Waals surface area contributed by atoms with Crippen LogP contribution in [0.2, 0.25) is 0 Å². The maximum Gasteiger partial charge on any atom is 0.407 e. The number of hydrogen-bond donors (Lipinski definition) is 3. The fraction of sp³-hybridized carbons (Fsp3) is 0.400. The summed E-state index contributed by atoms with van der Waals surface area (Å²) in [6.07, 6.45) is 9.29. The second-order valence-electron chi connectivity index (χ2n) is 7.54. The second-order valence-corrected chi connectivity index (χ2v) is 7.54. The van der Waals surface area contributed by atoms with Gasteiger partial charge in [0.25, 0.3) is 0 Å². The first kappa shape index (κ1) is 19.0. The maximum atomic E-state index is 11.8. The molecule has 0 spiro atoms. The summed E-state index contributed by atoms with van der Waals surface area (Å²) in [6.45, 7) is 3.83. The minimum atomic E-state index is -0.346. The van der Waals surface area contributed by atoms with Crippen LogP contribution in [0.4, 0.5) is 16.4 Å². The molecule has 0 saturated heterocycles. The lowest BCUT2D eigenvalue weighted by molar-refractivity contribution is 0.0981. The van der Waals surface area contributed by atoms with E-state index in [0.717, 1.165) is 30.6 Å². The number of aromatic amines is 1. The molecule has 3 N–H and O–H groups in total. The molecular weight excluding hydrogens is 370 g/mol. The van der Waals surface area contributed by atoms with Gasteiger partial charge in [-0.2, -0.15) is 5.10 Å². The number of amides is 1. The van der Waals surface area contributed by atoms with E-state index in [-0.39, 0.29) is 18.2 Å². The van der Waals surface area contributed by atoms with Gasteiger partial charge in [0, 0.05) is 48.4 Å². The number of pyridine rings is 1. The topological polar surface area (TPSA) is 110 Å². The molecule has 4 rings (SSSR count). The Morgan fingerprint density at radius 3 is 2.97 bits per heavy atom. The quantitative estimate of drug-likeness (QED) is 0.589. The van der Waals surface area contributed by atoms with Gasteiger partial charge in [0.1, 0.15) is 11.9 Å². The van der Waals surface area contributed by atoms with Crippen LogP contribution < -0.4 is 10.6 Å². The van der Waals surface area contributed by atoms with Crippen LogP contribution in [-0.4, -0.2) is 43.0 Å². The van der Waals surface area contributed by atoms with Gasteiger partial charge in [-0.1, -0.05) is 0 Å². The van der Waals surface area contributed by atoms with Crippen LogP contribution in [0.1, 0.15) is 44.7 Å². The molecule has 0 bridgehead atoms. The van der Waals surface area contributed by atoms with E-state index in [0.29, 0.717) is 17.6 Å². The highest BCUT2D eigenvalue weighted by Gasteiger charge is 2.30. The number of imidazole rings is 1. The second kappa shape index (κ2) is 8.34. The zero-order valence-electron chi connectivity index (χ0n) is 16.5. The van der Waals surface area contributed by atoms with Gasteiger partial charge in [0.2, 0.25) is 0 Å². The summed E-state index contributed by atoms with van der Waals surface area (Å²) in [4.78, 5) is 20.2. The highest BCUT2D eigenvalue weighted by Crippen LogP contribution is 2.36. The van der Waals surface area contributed by atoms with E-state index in [2.05, 4.69) is 30.8 Å². The number of ether oxygens (including phenoxy) is 1. The Labute approximate surface area is 168 Å². The van der Waals surface area contributed by atoms with Crippen molar-refractivity contribution in [1.29, 1.82) is 0 Å². The molecule has 3 aromatic rings. The number of anilines is 2. The van der Waals surface area contributed by atoms with Gasteiger partial charge in [0.05, 0.1) is 12.0 Å². The van der Waals surface area contributed by atoms with Gasteiger partial charge < -0.3 is 19.9 Å². The lowest BCUT2D eigenvalue weighted by Gasteiger charge is -2.14. The van der Waals surface area contributed by atoms with Crippen LogP contribution in [0.5, 0.6) is 0 Å². The molecule has 3 aromatic heterocycles. The van der Waals surface area contributed by atoms with Crippen LogP contribution in [0.15, 0.2) is 43.1 Å². The van der Waals surface area contributed by atoms with Crippen LogP contribution in [-0.2, 0) is 4.74 Å². The first-order valence-corrected chi connectivity index (χ1v) is 9.80. The van der Waals surface area contributed by atoms with Crippen LogP contribution in [0.25, 0.3) is 5.69 Å². The molecule has 0 aromatic carbocycles. The summed E-state index contributed by atoms with van der Waals surface area (Å²) in [6, 6.07) is 5.91. The van der Waals surface area contributed by atoms with Crippen molar-refractivity contribution in [3.63, 3.8) is 0 Å². The van der Waals surface area contributed by atoms with E-state index >= 15 is 0 Å². The van der Waals surface area contributed by atoms with Crippen LogP contribution >= 0.6 is 0 Å². The monoisotopic (exact) mass is 395 g/mol. The molecule has 152 valence electrons. The van der Waals surface area contributed by atoms with Gasteiger partial charge in [-0.05, 0) is 39.2 Å². The molecule has 9 nitrogen and oxygen atoms in total. The predicted molar refractivity (Wildman–Crippen MR) is 108 cm³/mol. The highest BCUT2D eigenvalue weighted by atomic mass is 16.6. The third-order valence-corrected chi connectivity index (χ3v) is 4.90. The van der Waals surface area contributed by atoms with Crippen LogP contribution in [0, 0.1) is 0 Å². The molecular formula is C20H25N7O2. The molecule has 1 aliphatic rings. The fourth-order valence-electron chi connectivity index (χ4n) is 3.55. The Morgan fingerprint density at radius 1 is 1.28 bits per heavy atom. The molecule has 3 heterocycles. The van der Waals surface area contributed by atoms with Crippen molar-refractivity contribution in [3.05, 3.63) is 48.8 Å². The normalized spacial score (nSPS) is 18.7. The molecule has 0 aliphatic heterocycles. The zero-order chi connectivity index (χ0) is 20.2. The van der Waals surface area contributed by atoms with Gasteiger partial charge >= 0.3 is 6.09 Å². The molecule has 1 amide bonds. The minimum absolute atomic E-state index is 0.0630. The Kier molecular flexibility index (Phi) is 5.46. The number of H-pyrrole nitrogens is 1. The van der Waals surface area contributed by atoms with Crippen molar-refractivity contribution in [3.8, 4) is 5.69 Å². The standard InChI is InChI=1S/C20H25N7O2/c1-13(2)23-20(28)29-16-4-3-14(9-16)17-11-19(26-25-17)24-18-10-15(5-6-22-18)27-8-7-21-12-27/h5-8,10-14,16H,3-4,9H2,1-2H3,(H,23,28)(H2,22,24,25,26). The number of nitrogens with zero attached hydrogens (tertiary/aromatic N) is 4. The van der Waals surface area contributed by atoms with Gasteiger partial charge in [-0.3, -0.25) is 5.10 Å². The number of hydrogen-bond acceptors (Lipinski definition) is 6. The van der Waals surface area contributed by atoms with Crippen molar-refractivity contribution < 1.29 is 9.53 Å². The molecule has 2 atom stereocenters. The Morgan fingerprint density at radius 2 is 2.17 bits per heavy atom. The van der Waals surface area contributed by atoms with Gasteiger partial charge in [-0.25, -0.2) is 14.8 Å². The van der Waals surface area contributed by atoms with Crippen LogP contribution in [0.3, 0.4) is 0 Å². The van der Waals surface area contributed by atoms with Gasteiger partial charge in [0.15, 0.2) is 5.82 Å². The lowest BCUT2D eigenvalue weighted by Crippen LogP contribution is -2.33. The fourth-order valence-corrected chi connectivity index (χ4v) is 3.55. The molecule has 1 saturated carbocycles. The summed E-state index contributed by atoms with van der Waals surface area (Å²) in [5.41, 5.74) is 2.00. The first-order valence-electron chi connectivity index (χ1n) is 9.80. The SMILES string of the molecule is CC(C)NC(=O)OC1CCC(c2cc(Nc3cc(-n4ccnc4)ccn3)n[nH]2)C1. The van der Waals surface area contributed by atoms with E-state index in [4.69, 9.17) is 4.74 Å². The summed E-state index contributed by atoms with van der Waals surface area (Å²) in [7, 11) is 0. The van der Waals surface area contributed by atoms with Crippen molar-refractivity contribution in [2.24, 2.45) is 0 Å². The largest absolute Gasteiger partial charge is 0.446 e. The van der Waals surface area contributed by atoms with E-state index in [1.165, 1.54) is 0 Å². The van der Waals surface area contributed by atoms with Crippen molar-refractivity contribution in [2.75, 3.05) is 5.32 Å². The highest BCUT2D eigenvalue weighted by molar-refractivity contribution is 5.67. The maximum absolute atomic E-state index is 11.8. The van der Waals surface area contributed by atoms with Crippen molar-refractivity contribution >= 4 is 17.7 Å². The van der Waals surface area contributed by atoms with E-state index in [9.17, 15) is 4.79 Å². The van der Waals surface area contributed by atoms with E-state index < -0.39 is 0 Å². The Bertz CT molecular complexity index is 951. The first-order chi connectivity index (χ1) is 14.1. The number of rotatable bonds is 6. The third-order valence-electron chi connectivity index (χ3n) is 4.90. The smallest absolute Gasteiger partial charge is 0.407 e. The molecule has 0 radical (unpaired) electrons. The molecule has 2 unspecified atom stereocenters. The average molecular weight is 395 g/mol. The minimum Gasteiger partial charge on any atom is -0.446 e. The number of alkyl carbamates (subject to hydrolysis) is 1. The van der Waals surface area contributed by atoms with Gasteiger partial charge in [-0.15, -0.1) is 0 Å². The molecule has 1 aliphatic carbocycles. The Balaban J connectivity index is 1.36. The lowest BCUT2D eigenvalue weighted by atomic mass is 10.0. The molecule has 9 heteroatoms. The number of nitrogens with one attached hydrogen (secondary N) is 3. The van der Waals surface area contributed by atoms with Crippen molar-refractivity contribution in [1.82, 2.24) is 30.0 Å². The number of aromatic nitrogens is 5. The Hall–Kier alpha value is -3.36. The number of carbonyl (C=O) groups is 1. The summed E-state index contributed by atoms with van der Waals surface area (Å²) < 4.78 is 7.42. The van der Waals surface area contributed by atoms with E-state index in [1.54, 1.807) is 18.7 Å². The molecule has 29 heavy (non-hydrogen) atoms. The predicted octanol–water partition coefficient (Wildman–Crippen LogP) is 3.50.